The van der Waals surface area contributed by atoms with Crippen LogP contribution in [-0.4, -0.2) is 19.6 Å². The third-order valence-corrected chi connectivity index (χ3v) is 5.07. The Bertz CT molecular complexity index is 991. The summed E-state index contributed by atoms with van der Waals surface area (Å²) in [6.07, 6.45) is 2.64. The van der Waals surface area contributed by atoms with E-state index in [-0.39, 0.29) is 33.2 Å². The van der Waals surface area contributed by atoms with Gasteiger partial charge in [0.25, 0.3) is 11.1 Å². The Morgan fingerprint density at radius 1 is 0.692 bits per heavy atom. The lowest BCUT2D eigenvalue weighted by molar-refractivity contribution is 0.633. The molecule has 0 amide bonds. The molecule has 0 saturated heterocycles. The first-order chi connectivity index (χ1) is 12.4. The summed E-state index contributed by atoms with van der Waals surface area (Å²) in [6, 6.07) is 7.26. The maximum Gasteiger partial charge on any atom is 0.287 e. The van der Waals surface area contributed by atoms with Gasteiger partial charge < -0.3 is 0 Å². The third kappa shape index (κ3) is 3.94. The highest BCUT2D eigenvalue weighted by atomic mass is 35.5. The average molecular weight is 432 g/mol. The first-order valence-electron chi connectivity index (χ1n) is 7.27. The van der Waals surface area contributed by atoms with Crippen LogP contribution in [0.3, 0.4) is 0 Å². The molecule has 2 aromatic heterocycles. The third-order valence-electron chi connectivity index (χ3n) is 3.57. The second-order valence-electron chi connectivity index (χ2n) is 5.36. The standard InChI is InChI=1S/C16H10Cl4N4O2/c17-11-5-21-23(15(25)13(11)19)7-9-1-2-10(4-3-9)8-24-16(26)14(20)12(18)6-22-24/h1-6H,7-8H2. The Labute approximate surface area is 167 Å². The molecule has 0 aliphatic carbocycles. The minimum atomic E-state index is -0.463. The van der Waals surface area contributed by atoms with Crippen molar-refractivity contribution in [3.05, 3.63) is 88.6 Å². The Morgan fingerprint density at radius 2 is 1.04 bits per heavy atom. The molecule has 2 heterocycles. The molecule has 0 fully saturated rings. The summed E-state index contributed by atoms with van der Waals surface area (Å²) >= 11 is 23.2. The number of hydrogen-bond acceptors (Lipinski definition) is 4. The van der Waals surface area contributed by atoms with Crippen molar-refractivity contribution < 1.29 is 0 Å². The highest BCUT2D eigenvalue weighted by molar-refractivity contribution is 6.42. The molecule has 3 aromatic rings. The van der Waals surface area contributed by atoms with Gasteiger partial charge in [-0.2, -0.15) is 10.2 Å². The smallest absolute Gasteiger partial charge is 0.266 e. The zero-order chi connectivity index (χ0) is 18.8. The van der Waals surface area contributed by atoms with Gasteiger partial charge in [0.15, 0.2) is 0 Å². The quantitative estimate of drug-likeness (QED) is 0.633. The van der Waals surface area contributed by atoms with Gasteiger partial charge in [-0.15, -0.1) is 0 Å². The molecule has 26 heavy (non-hydrogen) atoms. The maximum absolute atomic E-state index is 12.0. The first-order valence-corrected chi connectivity index (χ1v) is 8.78. The zero-order valence-corrected chi connectivity index (χ0v) is 16.0. The Morgan fingerprint density at radius 3 is 1.38 bits per heavy atom. The van der Waals surface area contributed by atoms with Gasteiger partial charge in [-0.3, -0.25) is 9.59 Å². The summed E-state index contributed by atoms with van der Waals surface area (Å²) in [6.45, 7) is 0.474. The molecule has 0 atom stereocenters. The normalized spacial score (nSPS) is 10.9. The molecule has 6 nitrogen and oxygen atoms in total. The van der Waals surface area contributed by atoms with Crippen molar-refractivity contribution in [2.24, 2.45) is 0 Å². The molecule has 10 heteroatoms. The van der Waals surface area contributed by atoms with E-state index in [1.165, 1.54) is 21.8 Å². The van der Waals surface area contributed by atoms with E-state index >= 15 is 0 Å². The molecular weight excluding hydrogens is 422 g/mol. The number of rotatable bonds is 4. The first kappa shape index (κ1) is 18.9. The fraction of sp³-hybridized carbons (Fsp3) is 0.125. The van der Waals surface area contributed by atoms with Crippen LogP contribution in [0.2, 0.25) is 20.1 Å². The minimum absolute atomic E-state index is 0.0663. The lowest BCUT2D eigenvalue weighted by atomic mass is 10.1. The summed E-state index contributed by atoms with van der Waals surface area (Å²) in [5.41, 5.74) is 0.733. The summed E-state index contributed by atoms with van der Waals surface area (Å²) < 4.78 is 2.43. The van der Waals surface area contributed by atoms with Gasteiger partial charge in [-0.25, -0.2) is 9.36 Å². The van der Waals surface area contributed by atoms with Crippen LogP contribution < -0.4 is 11.1 Å². The predicted molar refractivity (Wildman–Crippen MR) is 102 cm³/mol. The van der Waals surface area contributed by atoms with Crippen molar-refractivity contribution in [3.8, 4) is 0 Å². The maximum atomic E-state index is 12.0. The van der Waals surface area contributed by atoms with E-state index in [1.807, 2.05) is 24.3 Å². The van der Waals surface area contributed by atoms with E-state index in [0.717, 1.165) is 11.1 Å². The van der Waals surface area contributed by atoms with Gasteiger partial charge in [0, 0.05) is 0 Å². The molecule has 134 valence electrons. The number of nitrogens with zero attached hydrogens (tertiary/aromatic N) is 4. The molecule has 0 bridgehead atoms. The highest BCUT2D eigenvalue weighted by Crippen LogP contribution is 2.16. The van der Waals surface area contributed by atoms with Gasteiger partial charge >= 0.3 is 0 Å². The van der Waals surface area contributed by atoms with Crippen LogP contribution in [0.15, 0.2) is 46.2 Å². The second kappa shape index (κ2) is 7.80. The van der Waals surface area contributed by atoms with E-state index in [2.05, 4.69) is 10.2 Å². The molecule has 0 N–H and O–H groups in total. The molecular formula is C16H10Cl4N4O2. The van der Waals surface area contributed by atoms with Gasteiger partial charge in [-0.05, 0) is 11.1 Å². The lowest BCUT2D eigenvalue weighted by Gasteiger charge is -2.08. The van der Waals surface area contributed by atoms with Crippen LogP contribution in [-0.2, 0) is 13.1 Å². The molecule has 0 radical (unpaired) electrons. The molecule has 0 aliphatic heterocycles. The molecule has 0 saturated carbocycles. The van der Waals surface area contributed by atoms with Crippen LogP contribution in [0.1, 0.15) is 11.1 Å². The van der Waals surface area contributed by atoms with E-state index in [9.17, 15) is 9.59 Å². The van der Waals surface area contributed by atoms with Crippen LogP contribution in [0.25, 0.3) is 0 Å². The van der Waals surface area contributed by atoms with Crippen molar-refractivity contribution in [2.75, 3.05) is 0 Å². The van der Waals surface area contributed by atoms with Crippen molar-refractivity contribution in [1.82, 2.24) is 19.6 Å². The number of aromatic nitrogens is 4. The molecule has 0 spiro atoms. The van der Waals surface area contributed by atoms with E-state index in [4.69, 9.17) is 46.4 Å². The summed E-state index contributed by atoms with van der Waals surface area (Å²) in [7, 11) is 0. The van der Waals surface area contributed by atoms with Crippen LogP contribution in [0, 0.1) is 0 Å². The van der Waals surface area contributed by atoms with Gasteiger partial charge in [0.05, 0.1) is 35.5 Å². The summed E-state index contributed by atoms with van der Waals surface area (Å²) in [5, 5.41) is 8.01. The van der Waals surface area contributed by atoms with E-state index < -0.39 is 11.1 Å². The van der Waals surface area contributed by atoms with Crippen molar-refractivity contribution in [1.29, 1.82) is 0 Å². The van der Waals surface area contributed by atoms with Crippen molar-refractivity contribution in [3.63, 3.8) is 0 Å². The SMILES string of the molecule is O=c1c(Cl)c(Cl)cnn1Cc1ccc(Cn2ncc(Cl)c(Cl)c2=O)cc1. The summed E-state index contributed by atoms with van der Waals surface area (Å²) in [4.78, 5) is 24.0. The molecule has 3 rings (SSSR count). The van der Waals surface area contributed by atoms with Crippen LogP contribution >= 0.6 is 46.4 Å². The van der Waals surface area contributed by atoms with Crippen molar-refractivity contribution >= 4 is 46.4 Å². The fourth-order valence-corrected chi connectivity index (χ4v) is 2.75. The zero-order valence-electron chi connectivity index (χ0n) is 13.0. The largest absolute Gasteiger partial charge is 0.287 e. The van der Waals surface area contributed by atoms with Crippen LogP contribution in [0.5, 0.6) is 0 Å². The van der Waals surface area contributed by atoms with Gasteiger partial charge in [0.2, 0.25) is 0 Å². The topological polar surface area (TPSA) is 69.8 Å². The fourth-order valence-electron chi connectivity index (χ4n) is 2.21. The second-order valence-corrected chi connectivity index (χ2v) is 6.93. The molecule has 1 aromatic carbocycles. The Kier molecular flexibility index (Phi) is 5.67. The molecule has 0 unspecified atom stereocenters. The Hall–Kier alpha value is -1.86. The number of benzene rings is 1. The minimum Gasteiger partial charge on any atom is -0.266 e. The predicted octanol–water partition coefficient (Wildman–Crippen LogP) is 3.51. The summed E-state index contributed by atoms with van der Waals surface area (Å²) in [5.74, 6) is 0. The van der Waals surface area contributed by atoms with Gasteiger partial charge in [-0.1, -0.05) is 70.7 Å². The van der Waals surface area contributed by atoms with E-state index in [1.54, 1.807) is 0 Å². The lowest BCUT2D eigenvalue weighted by Crippen LogP contribution is -2.24. The Balaban J connectivity index is 1.79. The van der Waals surface area contributed by atoms with Crippen LogP contribution in [0.4, 0.5) is 0 Å². The van der Waals surface area contributed by atoms with Gasteiger partial charge in [0.1, 0.15) is 10.0 Å². The highest BCUT2D eigenvalue weighted by Gasteiger charge is 2.09. The van der Waals surface area contributed by atoms with E-state index in [0.29, 0.717) is 0 Å². The number of halogens is 4. The average Bonchev–Trinajstić information content (AvgIpc) is 2.64. The molecule has 0 aliphatic rings. The number of hydrogen-bond donors (Lipinski definition) is 0. The monoisotopic (exact) mass is 430 g/mol. The van der Waals surface area contributed by atoms with Crippen molar-refractivity contribution in [2.45, 2.75) is 13.1 Å².